The average molecular weight is 280 g/mol. The Labute approximate surface area is 113 Å². The lowest BCUT2D eigenvalue weighted by molar-refractivity contribution is -0.387. The number of hydrogen-bond donors (Lipinski definition) is 1. The summed E-state index contributed by atoms with van der Waals surface area (Å²) in [4.78, 5) is 11.1. The van der Waals surface area contributed by atoms with Gasteiger partial charge in [-0.25, -0.2) is 0 Å². The summed E-state index contributed by atoms with van der Waals surface area (Å²) in [6, 6.07) is 4.65. The first kappa shape index (κ1) is 13.5. The first-order valence-corrected chi connectivity index (χ1v) is 6.29. The van der Waals surface area contributed by atoms with E-state index < -0.39 is 11.0 Å². The lowest BCUT2D eigenvalue weighted by atomic mass is 10.1. The van der Waals surface area contributed by atoms with E-state index in [0.29, 0.717) is 15.6 Å². The molecule has 7 nitrogen and oxygen atoms in total. The van der Waals surface area contributed by atoms with Crippen molar-refractivity contribution in [1.82, 2.24) is 14.8 Å². The Kier molecular flexibility index (Phi) is 3.82. The Morgan fingerprint density at radius 3 is 2.79 bits per heavy atom. The molecule has 0 unspecified atom stereocenters. The van der Waals surface area contributed by atoms with E-state index in [2.05, 4.69) is 10.2 Å². The maximum absolute atomic E-state index is 11.1. The number of nitrogens with zero attached hydrogens (tertiary/aromatic N) is 4. The molecule has 0 spiro atoms. The molecule has 19 heavy (non-hydrogen) atoms. The standard InChI is InChI=1S/C11H12N4O3S/c1-7(16)8-3-4-10(9(5-8)15(17)18)19-11-13-12-6-14(11)2/h3-7,16H,1-2H3/t7-/m0/s1. The first-order valence-electron chi connectivity index (χ1n) is 5.47. The molecule has 0 radical (unpaired) electrons. The van der Waals surface area contributed by atoms with E-state index in [1.54, 1.807) is 30.7 Å². The summed E-state index contributed by atoms with van der Waals surface area (Å²) in [7, 11) is 1.76. The maximum atomic E-state index is 11.1. The summed E-state index contributed by atoms with van der Waals surface area (Å²) in [5, 5.41) is 28.7. The molecular weight excluding hydrogens is 268 g/mol. The largest absolute Gasteiger partial charge is 0.389 e. The minimum Gasteiger partial charge on any atom is -0.389 e. The molecule has 0 saturated carbocycles. The summed E-state index contributed by atoms with van der Waals surface area (Å²) >= 11 is 1.16. The van der Waals surface area contributed by atoms with Crippen molar-refractivity contribution in [3.63, 3.8) is 0 Å². The van der Waals surface area contributed by atoms with Gasteiger partial charge in [-0.2, -0.15) is 0 Å². The van der Waals surface area contributed by atoms with Crippen LogP contribution in [0, 0.1) is 10.1 Å². The van der Waals surface area contributed by atoms with Crippen molar-refractivity contribution in [2.24, 2.45) is 7.05 Å². The zero-order valence-corrected chi connectivity index (χ0v) is 11.2. The van der Waals surface area contributed by atoms with Crippen molar-refractivity contribution in [3.8, 4) is 0 Å². The summed E-state index contributed by atoms with van der Waals surface area (Å²) in [6.45, 7) is 1.56. The molecule has 1 N–H and O–H groups in total. The van der Waals surface area contributed by atoms with E-state index >= 15 is 0 Å². The minimum atomic E-state index is -0.743. The van der Waals surface area contributed by atoms with Gasteiger partial charge in [0, 0.05) is 13.1 Å². The van der Waals surface area contributed by atoms with Gasteiger partial charge in [0.05, 0.1) is 15.9 Å². The maximum Gasteiger partial charge on any atom is 0.283 e. The summed E-state index contributed by atoms with van der Waals surface area (Å²) in [6.07, 6.45) is 0.783. The number of aromatic nitrogens is 3. The van der Waals surface area contributed by atoms with E-state index in [1.165, 1.54) is 12.4 Å². The van der Waals surface area contributed by atoms with E-state index in [1.807, 2.05) is 0 Å². The summed E-state index contributed by atoms with van der Waals surface area (Å²) in [5.74, 6) is 0. The van der Waals surface area contributed by atoms with Crippen LogP contribution in [0.3, 0.4) is 0 Å². The molecule has 2 rings (SSSR count). The molecule has 0 amide bonds. The van der Waals surface area contributed by atoms with Gasteiger partial charge in [-0.3, -0.25) is 10.1 Å². The van der Waals surface area contributed by atoms with Gasteiger partial charge in [0.1, 0.15) is 6.33 Å². The molecule has 1 atom stereocenters. The number of aliphatic hydroxyl groups excluding tert-OH is 1. The predicted octanol–water partition coefficient (Wildman–Crippen LogP) is 1.93. The van der Waals surface area contributed by atoms with Crippen LogP contribution in [-0.4, -0.2) is 24.8 Å². The van der Waals surface area contributed by atoms with Crippen LogP contribution < -0.4 is 0 Å². The van der Waals surface area contributed by atoms with Crippen LogP contribution in [0.4, 0.5) is 5.69 Å². The SMILES string of the molecule is C[C@H](O)c1ccc(Sc2nncn2C)c([N+](=O)[O-])c1. The quantitative estimate of drug-likeness (QED) is 0.679. The fourth-order valence-corrected chi connectivity index (χ4v) is 2.34. The number of aliphatic hydroxyl groups is 1. The topological polar surface area (TPSA) is 94.1 Å². The highest BCUT2D eigenvalue weighted by atomic mass is 32.2. The van der Waals surface area contributed by atoms with Crippen LogP contribution in [-0.2, 0) is 7.05 Å². The molecular formula is C11H12N4O3S. The normalized spacial score (nSPS) is 12.4. The number of hydrogen-bond acceptors (Lipinski definition) is 6. The Morgan fingerprint density at radius 2 is 2.26 bits per heavy atom. The first-order chi connectivity index (χ1) is 8.99. The fourth-order valence-electron chi connectivity index (χ4n) is 1.49. The number of nitro groups is 1. The second-order valence-electron chi connectivity index (χ2n) is 3.99. The lowest BCUT2D eigenvalue weighted by Crippen LogP contribution is -1.97. The van der Waals surface area contributed by atoms with Crippen molar-refractivity contribution in [1.29, 1.82) is 0 Å². The van der Waals surface area contributed by atoms with E-state index in [0.717, 1.165) is 11.8 Å². The van der Waals surface area contributed by atoms with E-state index in [-0.39, 0.29) is 5.69 Å². The van der Waals surface area contributed by atoms with Gasteiger partial charge in [0.2, 0.25) is 0 Å². The van der Waals surface area contributed by atoms with Crippen LogP contribution in [0.15, 0.2) is 34.6 Å². The fraction of sp³-hybridized carbons (Fsp3) is 0.273. The second-order valence-corrected chi connectivity index (χ2v) is 5.00. The number of rotatable bonds is 4. The molecule has 100 valence electrons. The predicted molar refractivity (Wildman–Crippen MR) is 68.9 cm³/mol. The van der Waals surface area contributed by atoms with Crippen LogP contribution >= 0.6 is 11.8 Å². The van der Waals surface area contributed by atoms with Crippen molar-refractivity contribution in [2.45, 2.75) is 23.1 Å². The minimum absolute atomic E-state index is 0.0496. The molecule has 1 aromatic carbocycles. The molecule has 0 saturated heterocycles. The van der Waals surface area contributed by atoms with Crippen molar-refractivity contribution in [2.75, 3.05) is 0 Å². The number of nitro benzene ring substituents is 1. The van der Waals surface area contributed by atoms with Crippen LogP contribution in [0.25, 0.3) is 0 Å². The molecule has 0 aliphatic carbocycles. The Morgan fingerprint density at radius 1 is 1.53 bits per heavy atom. The monoisotopic (exact) mass is 280 g/mol. The van der Waals surface area contributed by atoms with Gasteiger partial charge in [0.15, 0.2) is 5.16 Å². The average Bonchev–Trinajstić information content (AvgIpc) is 2.75. The zero-order valence-electron chi connectivity index (χ0n) is 10.3. The highest BCUT2D eigenvalue weighted by Crippen LogP contribution is 2.35. The summed E-state index contributed by atoms with van der Waals surface area (Å²) < 4.78 is 1.68. The number of aryl methyl sites for hydroxylation is 1. The van der Waals surface area contributed by atoms with Gasteiger partial charge in [0.25, 0.3) is 5.69 Å². The van der Waals surface area contributed by atoms with Crippen molar-refractivity contribution < 1.29 is 10.0 Å². The van der Waals surface area contributed by atoms with Gasteiger partial charge >= 0.3 is 0 Å². The second kappa shape index (κ2) is 5.37. The zero-order chi connectivity index (χ0) is 14.0. The van der Waals surface area contributed by atoms with Crippen molar-refractivity contribution in [3.05, 3.63) is 40.2 Å². The van der Waals surface area contributed by atoms with Gasteiger partial charge in [-0.1, -0.05) is 6.07 Å². The third-order valence-corrected chi connectivity index (χ3v) is 3.65. The van der Waals surface area contributed by atoms with Gasteiger partial charge in [-0.05, 0) is 30.3 Å². The van der Waals surface area contributed by atoms with Crippen molar-refractivity contribution >= 4 is 17.4 Å². The molecule has 0 aliphatic rings. The third-order valence-electron chi connectivity index (χ3n) is 2.53. The van der Waals surface area contributed by atoms with Crippen LogP contribution in [0.5, 0.6) is 0 Å². The lowest BCUT2D eigenvalue weighted by Gasteiger charge is -2.07. The molecule has 0 aliphatic heterocycles. The summed E-state index contributed by atoms with van der Waals surface area (Å²) in [5.41, 5.74) is 0.459. The van der Waals surface area contributed by atoms with E-state index in [4.69, 9.17) is 0 Å². The van der Waals surface area contributed by atoms with Crippen LogP contribution in [0.1, 0.15) is 18.6 Å². The third kappa shape index (κ3) is 2.91. The van der Waals surface area contributed by atoms with Crippen LogP contribution in [0.2, 0.25) is 0 Å². The van der Waals surface area contributed by atoms with Gasteiger partial charge < -0.3 is 9.67 Å². The van der Waals surface area contributed by atoms with E-state index in [9.17, 15) is 15.2 Å². The molecule has 0 fully saturated rings. The molecule has 1 heterocycles. The Balaban J connectivity index is 2.40. The Hall–Kier alpha value is -1.93. The smallest absolute Gasteiger partial charge is 0.283 e. The highest BCUT2D eigenvalue weighted by Gasteiger charge is 2.18. The molecule has 2 aromatic rings. The van der Waals surface area contributed by atoms with Gasteiger partial charge in [-0.15, -0.1) is 10.2 Å². The molecule has 1 aromatic heterocycles. The molecule has 8 heteroatoms. The number of benzene rings is 1. The molecule has 0 bridgehead atoms. The highest BCUT2D eigenvalue weighted by molar-refractivity contribution is 7.99. The Bertz CT molecular complexity index is 612.